The highest BCUT2D eigenvalue weighted by molar-refractivity contribution is 5.82. The first-order valence-corrected chi connectivity index (χ1v) is 5.40. The molecule has 0 unspecified atom stereocenters. The number of aliphatic hydroxyl groups is 1. The van der Waals surface area contributed by atoms with Gasteiger partial charge < -0.3 is 14.6 Å². The molecule has 0 fully saturated rings. The average molecular weight is 240 g/mol. The summed E-state index contributed by atoms with van der Waals surface area (Å²) in [5.41, 5.74) is 0. The van der Waals surface area contributed by atoms with E-state index in [1.165, 1.54) is 31.2 Å². The average Bonchev–Trinajstić information content (AvgIpc) is 2.20. The van der Waals surface area contributed by atoms with Crippen molar-refractivity contribution in [1.29, 1.82) is 0 Å². The van der Waals surface area contributed by atoms with Gasteiger partial charge in [0.15, 0.2) is 0 Å². The molecule has 1 rings (SSSR count). The van der Waals surface area contributed by atoms with Crippen LogP contribution in [0.5, 0.6) is 0 Å². The van der Waals surface area contributed by atoms with Crippen LogP contribution in [-0.4, -0.2) is 35.4 Å². The number of aliphatic hydroxyl groups excluding tert-OH is 1. The maximum atomic E-state index is 11.3. The van der Waals surface area contributed by atoms with E-state index in [1.54, 1.807) is 6.92 Å². The number of carbonyl (C=O) groups is 2. The van der Waals surface area contributed by atoms with E-state index >= 15 is 0 Å². The first kappa shape index (κ1) is 13.4. The van der Waals surface area contributed by atoms with E-state index in [4.69, 9.17) is 9.47 Å². The highest BCUT2D eigenvalue weighted by Gasteiger charge is 2.14. The molecule has 0 aromatic heterocycles. The Morgan fingerprint density at radius 2 is 2.18 bits per heavy atom. The predicted molar refractivity (Wildman–Crippen MR) is 60.0 cm³/mol. The van der Waals surface area contributed by atoms with Gasteiger partial charge in [0.25, 0.3) is 0 Å². The highest BCUT2D eigenvalue weighted by atomic mass is 16.5. The lowest BCUT2D eigenvalue weighted by Crippen LogP contribution is -2.21. The second kappa shape index (κ2) is 6.20. The van der Waals surface area contributed by atoms with Gasteiger partial charge in [-0.25, -0.2) is 4.79 Å². The molecular formula is C12H16O5. The molecule has 0 spiro atoms. The molecule has 94 valence electrons. The zero-order chi connectivity index (χ0) is 12.8. The second-order valence-electron chi connectivity index (χ2n) is 3.87. The minimum absolute atomic E-state index is 0.308. The van der Waals surface area contributed by atoms with Crippen LogP contribution in [0.3, 0.4) is 0 Å². The third kappa shape index (κ3) is 5.31. The molecule has 1 aliphatic rings. The molecule has 0 aromatic rings. The number of cyclic esters (lactones) is 1. The number of rotatable bonds is 1. The third-order valence-corrected chi connectivity index (χ3v) is 2.14. The quantitative estimate of drug-likeness (QED) is 0.540. The smallest absolute Gasteiger partial charge is 0.330 e. The second-order valence-corrected chi connectivity index (χ2v) is 3.87. The van der Waals surface area contributed by atoms with Crippen molar-refractivity contribution >= 4 is 11.9 Å². The molecular weight excluding hydrogens is 224 g/mol. The Hall–Kier alpha value is -1.62. The lowest BCUT2D eigenvalue weighted by molar-refractivity contribution is -0.145. The van der Waals surface area contributed by atoms with E-state index < -0.39 is 24.1 Å². The lowest BCUT2D eigenvalue weighted by Gasteiger charge is -2.16. The molecule has 17 heavy (non-hydrogen) atoms. The van der Waals surface area contributed by atoms with Gasteiger partial charge in [-0.2, -0.15) is 0 Å². The summed E-state index contributed by atoms with van der Waals surface area (Å²) in [6, 6.07) is 0. The summed E-state index contributed by atoms with van der Waals surface area (Å²) in [6.07, 6.45) is 4.23. The van der Waals surface area contributed by atoms with Crippen LogP contribution in [0, 0.1) is 0 Å². The van der Waals surface area contributed by atoms with E-state index in [0.29, 0.717) is 6.42 Å². The molecule has 0 saturated carbocycles. The Morgan fingerprint density at radius 3 is 2.82 bits per heavy atom. The summed E-state index contributed by atoms with van der Waals surface area (Å²) in [5.74, 6) is -0.977. The summed E-state index contributed by atoms with van der Waals surface area (Å²) in [7, 11) is 0. The summed E-state index contributed by atoms with van der Waals surface area (Å²) < 4.78 is 9.91. The fourth-order valence-corrected chi connectivity index (χ4v) is 1.45. The summed E-state index contributed by atoms with van der Waals surface area (Å²) in [5, 5.41) is 9.60. The molecule has 1 heterocycles. The SMILES string of the molecule is CC(=O)O[C@H]1C=CC(=O)O[C@H](C)C[C@H](O)C=C1. The van der Waals surface area contributed by atoms with Gasteiger partial charge >= 0.3 is 11.9 Å². The lowest BCUT2D eigenvalue weighted by atomic mass is 10.1. The fraction of sp³-hybridized carbons (Fsp3) is 0.500. The van der Waals surface area contributed by atoms with Crippen LogP contribution in [0.4, 0.5) is 0 Å². The van der Waals surface area contributed by atoms with Crippen molar-refractivity contribution in [1.82, 2.24) is 0 Å². The Balaban J connectivity index is 2.79. The minimum atomic E-state index is -0.734. The molecule has 0 aliphatic carbocycles. The van der Waals surface area contributed by atoms with Crippen LogP contribution in [0.2, 0.25) is 0 Å². The normalized spacial score (nSPS) is 29.6. The fourth-order valence-electron chi connectivity index (χ4n) is 1.45. The molecule has 3 atom stereocenters. The first-order chi connectivity index (χ1) is 7.97. The molecule has 5 nitrogen and oxygen atoms in total. The summed E-state index contributed by atoms with van der Waals surface area (Å²) in [4.78, 5) is 22.1. The van der Waals surface area contributed by atoms with E-state index in [0.717, 1.165) is 0 Å². The molecule has 0 bridgehead atoms. The Labute approximate surface area is 99.7 Å². The van der Waals surface area contributed by atoms with Crippen LogP contribution in [-0.2, 0) is 19.1 Å². The van der Waals surface area contributed by atoms with Crippen LogP contribution in [0.25, 0.3) is 0 Å². The van der Waals surface area contributed by atoms with Gasteiger partial charge in [-0.1, -0.05) is 6.08 Å². The van der Waals surface area contributed by atoms with Crippen molar-refractivity contribution in [2.24, 2.45) is 0 Å². The van der Waals surface area contributed by atoms with Crippen molar-refractivity contribution < 1.29 is 24.2 Å². The van der Waals surface area contributed by atoms with Crippen molar-refractivity contribution in [3.05, 3.63) is 24.3 Å². The van der Waals surface area contributed by atoms with Gasteiger partial charge in [-0.15, -0.1) is 0 Å². The van der Waals surface area contributed by atoms with Crippen molar-refractivity contribution in [3.8, 4) is 0 Å². The van der Waals surface area contributed by atoms with Crippen LogP contribution in [0.1, 0.15) is 20.3 Å². The standard InChI is InChI=1S/C12H16O5/c1-8-7-10(14)3-4-11(17-9(2)13)5-6-12(15)16-8/h3-6,8,10-11,14H,7H2,1-2H3/t8-,10-,11-/m1/s1. The van der Waals surface area contributed by atoms with Gasteiger partial charge in [0.1, 0.15) is 12.2 Å². The van der Waals surface area contributed by atoms with Crippen LogP contribution < -0.4 is 0 Å². The predicted octanol–water partition coefficient (Wildman–Crippen LogP) is 0.727. The molecule has 0 radical (unpaired) electrons. The van der Waals surface area contributed by atoms with Gasteiger partial charge in [0, 0.05) is 19.4 Å². The van der Waals surface area contributed by atoms with Crippen molar-refractivity contribution in [3.63, 3.8) is 0 Å². The zero-order valence-corrected chi connectivity index (χ0v) is 9.83. The van der Waals surface area contributed by atoms with Crippen molar-refractivity contribution in [2.75, 3.05) is 0 Å². The van der Waals surface area contributed by atoms with E-state index in [2.05, 4.69) is 0 Å². The molecule has 0 aromatic carbocycles. The molecule has 5 heteroatoms. The maximum absolute atomic E-state index is 11.3. The van der Waals surface area contributed by atoms with Gasteiger partial charge in [0.2, 0.25) is 0 Å². The van der Waals surface area contributed by atoms with E-state index in [-0.39, 0.29) is 6.10 Å². The van der Waals surface area contributed by atoms with Gasteiger partial charge in [0.05, 0.1) is 6.10 Å². The maximum Gasteiger partial charge on any atom is 0.330 e. The minimum Gasteiger partial charge on any atom is -0.459 e. The Kier molecular flexibility index (Phi) is 4.90. The third-order valence-electron chi connectivity index (χ3n) is 2.14. The number of ether oxygens (including phenoxy) is 2. The summed E-state index contributed by atoms with van der Waals surface area (Å²) in [6.45, 7) is 2.98. The number of hydrogen-bond donors (Lipinski definition) is 1. The Morgan fingerprint density at radius 1 is 1.47 bits per heavy atom. The number of carbonyl (C=O) groups excluding carboxylic acids is 2. The Bertz CT molecular complexity index is 345. The molecule has 1 N–H and O–H groups in total. The highest BCUT2D eigenvalue weighted by Crippen LogP contribution is 2.09. The molecule has 0 saturated heterocycles. The molecule has 0 amide bonds. The summed E-state index contributed by atoms with van der Waals surface area (Å²) >= 11 is 0. The van der Waals surface area contributed by atoms with Crippen LogP contribution >= 0.6 is 0 Å². The zero-order valence-electron chi connectivity index (χ0n) is 9.83. The van der Waals surface area contributed by atoms with E-state index in [1.807, 2.05) is 0 Å². The van der Waals surface area contributed by atoms with Gasteiger partial charge in [-0.3, -0.25) is 4.79 Å². The van der Waals surface area contributed by atoms with Crippen molar-refractivity contribution in [2.45, 2.75) is 38.6 Å². The van der Waals surface area contributed by atoms with E-state index in [9.17, 15) is 14.7 Å². The number of esters is 2. The topological polar surface area (TPSA) is 72.8 Å². The largest absolute Gasteiger partial charge is 0.459 e. The molecule has 1 aliphatic heterocycles. The van der Waals surface area contributed by atoms with Gasteiger partial charge in [-0.05, 0) is 19.1 Å². The first-order valence-electron chi connectivity index (χ1n) is 5.40. The monoisotopic (exact) mass is 240 g/mol. The van der Waals surface area contributed by atoms with Crippen LogP contribution in [0.15, 0.2) is 24.3 Å². The number of hydrogen-bond acceptors (Lipinski definition) is 5.